The van der Waals surface area contributed by atoms with Gasteiger partial charge in [0.1, 0.15) is 11.3 Å². The van der Waals surface area contributed by atoms with Crippen molar-refractivity contribution in [3.8, 4) is 11.8 Å². The highest BCUT2D eigenvalue weighted by Gasteiger charge is 2.21. The Morgan fingerprint density at radius 3 is 2.81 bits per heavy atom. The molecule has 0 amide bonds. The number of imidazole rings is 1. The number of hydrogen-bond donors (Lipinski definition) is 0. The zero-order chi connectivity index (χ0) is 15.1. The zero-order valence-corrected chi connectivity index (χ0v) is 12.8. The first kappa shape index (κ1) is 13.7. The van der Waals surface area contributed by atoms with Gasteiger partial charge in [0.15, 0.2) is 5.65 Å². The van der Waals surface area contributed by atoms with Gasteiger partial charge in [-0.05, 0) is 32.0 Å². The van der Waals surface area contributed by atoms with Gasteiger partial charge in [-0.15, -0.1) is 11.6 Å². The maximum atomic E-state index is 9.09. The van der Waals surface area contributed by atoms with Crippen molar-refractivity contribution in [2.45, 2.75) is 19.2 Å². The highest BCUT2D eigenvalue weighted by atomic mass is 35.5. The van der Waals surface area contributed by atoms with E-state index in [4.69, 9.17) is 16.9 Å². The molecule has 1 unspecified atom stereocenters. The number of benzene rings is 1. The molecule has 1 atom stereocenters. The van der Waals surface area contributed by atoms with Crippen LogP contribution in [-0.4, -0.2) is 19.3 Å². The van der Waals surface area contributed by atoms with Crippen molar-refractivity contribution in [3.63, 3.8) is 0 Å². The fourth-order valence-electron chi connectivity index (χ4n) is 2.53. The third-order valence-electron chi connectivity index (χ3n) is 3.42. The summed E-state index contributed by atoms with van der Waals surface area (Å²) in [6.07, 6.45) is 0. The quantitative estimate of drug-likeness (QED) is 0.683. The molecule has 21 heavy (non-hydrogen) atoms. The minimum Gasteiger partial charge on any atom is -0.280 e. The third-order valence-corrected chi connectivity index (χ3v) is 3.61. The van der Waals surface area contributed by atoms with E-state index in [1.165, 1.54) is 0 Å². The van der Waals surface area contributed by atoms with Gasteiger partial charge in [0.25, 0.3) is 0 Å². The minimum absolute atomic E-state index is 0.248. The van der Waals surface area contributed by atoms with E-state index in [2.05, 4.69) is 16.2 Å². The summed E-state index contributed by atoms with van der Waals surface area (Å²) in [5, 5.41) is 13.2. The molecule has 3 rings (SSSR count). The van der Waals surface area contributed by atoms with Crippen molar-refractivity contribution in [1.29, 1.82) is 5.26 Å². The molecule has 2 heterocycles. The van der Waals surface area contributed by atoms with Crippen LogP contribution in [0.25, 0.3) is 16.9 Å². The SMILES string of the molecule is Cc1nn(C)c2c1nc(C(C)Cl)n2-c1cccc(C#N)c1. The van der Waals surface area contributed by atoms with Crippen molar-refractivity contribution < 1.29 is 0 Å². The lowest BCUT2D eigenvalue weighted by Crippen LogP contribution is -2.06. The molecule has 0 radical (unpaired) electrons. The molecule has 0 fully saturated rings. The van der Waals surface area contributed by atoms with Crippen LogP contribution in [0, 0.1) is 18.3 Å². The van der Waals surface area contributed by atoms with Crippen LogP contribution in [-0.2, 0) is 7.05 Å². The Hall–Kier alpha value is -2.32. The first-order valence-electron chi connectivity index (χ1n) is 6.59. The second-order valence-corrected chi connectivity index (χ2v) is 5.62. The molecule has 0 aliphatic carbocycles. The Labute approximate surface area is 127 Å². The molecule has 2 aromatic heterocycles. The monoisotopic (exact) mass is 299 g/mol. The number of alkyl halides is 1. The fourth-order valence-corrected chi connectivity index (χ4v) is 2.67. The maximum absolute atomic E-state index is 9.09. The Bertz CT molecular complexity index is 866. The normalized spacial score (nSPS) is 12.5. The molecule has 0 N–H and O–H groups in total. The van der Waals surface area contributed by atoms with E-state index in [9.17, 15) is 0 Å². The molecule has 106 valence electrons. The van der Waals surface area contributed by atoms with Crippen LogP contribution in [0.4, 0.5) is 0 Å². The molecule has 0 aliphatic rings. The molecule has 0 spiro atoms. The highest BCUT2D eigenvalue weighted by molar-refractivity contribution is 6.20. The van der Waals surface area contributed by atoms with E-state index in [0.717, 1.165) is 28.4 Å². The highest BCUT2D eigenvalue weighted by Crippen LogP contribution is 2.29. The minimum atomic E-state index is -0.248. The Morgan fingerprint density at radius 1 is 1.38 bits per heavy atom. The van der Waals surface area contributed by atoms with Crippen molar-refractivity contribution in [3.05, 3.63) is 41.3 Å². The summed E-state index contributed by atoms with van der Waals surface area (Å²) in [7, 11) is 1.88. The molecule has 6 heteroatoms. The standard InChI is InChI=1S/C15H14ClN5/c1-9(16)14-18-13-10(2)19-20(3)15(13)21(14)12-6-4-5-11(7-12)8-17/h4-7,9H,1-3H3. The summed E-state index contributed by atoms with van der Waals surface area (Å²) in [6.45, 7) is 3.81. The summed E-state index contributed by atoms with van der Waals surface area (Å²) >= 11 is 6.29. The van der Waals surface area contributed by atoms with Crippen LogP contribution in [0.2, 0.25) is 0 Å². The fraction of sp³-hybridized carbons (Fsp3) is 0.267. The Morgan fingerprint density at radius 2 is 2.14 bits per heavy atom. The molecular weight excluding hydrogens is 286 g/mol. The van der Waals surface area contributed by atoms with E-state index in [1.54, 1.807) is 10.7 Å². The predicted octanol–water partition coefficient (Wildman–Crippen LogP) is 3.24. The first-order valence-corrected chi connectivity index (χ1v) is 7.03. The molecule has 1 aromatic carbocycles. The number of aromatic nitrogens is 4. The van der Waals surface area contributed by atoms with Crippen molar-refractivity contribution in [1.82, 2.24) is 19.3 Å². The van der Waals surface area contributed by atoms with Gasteiger partial charge in [-0.1, -0.05) is 6.07 Å². The summed E-state index contributed by atoms with van der Waals surface area (Å²) in [4.78, 5) is 4.63. The van der Waals surface area contributed by atoms with Crippen LogP contribution in [0.3, 0.4) is 0 Å². The predicted molar refractivity (Wildman–Crippen MR) is 81.6 cm³/mol. The van der Waals surface area contributed by atoms with Crippen LogP contribution in [0.1, 0.15) is 29.4 Å². The summed E-state index contributed by atoms with van der Waals surface area (Å²) in [5.74, 6) is 0.748. The number of rotatable bonds is 2. The Kier molecular flexibility index (Phi) is 3.19. The second kappa shape index (κ2) is 4.90. The molecule has 3 aromatic rings. The van der Waals surface area contributed by atoms with E-state index >= 15 is 0 Å². The molecule has 0 saturated carbocycles. The van der Waals surface area contributed by atoms with Gasteiger partial charge in [0.2, 0.25) is 0 Å². The third kappa shape index (κ3) is 2.08. The van der Waals surface area contributed by atoms with Crippen molar-refractivity contribution in [2.24, 2.45) is 7.05 Å². The number of aryl methyl sites for hydroxylation is 2. The summed E-state index contributed by atoms with van der Waals surface area (Å²) < 4.78 is 3.76. The lowest BCUT2D eigenvalue weighted by Gasteiger charge is -2.11. The smallest absolute Gasteiger partial charge is 0.163 e. The number of hydrogen-bond acceptors (Lipinski definition) is 3. The molecule has 0 saturated heterocycles. The molecule has 5 nitrogen and oxygen atoms in total. The summed E-state index contributed by atoms with van der Waals surface area (Å²) in [6, 6.07) is 9.55. The number of fused-ring (bicyclic) bond motifs is 1. The largest absolute Gasteiger partial charge is 0.280 e. The lowest BCUT2D eigenvalue weighted by atomic mass is 10.2. The number of nitriles is 1. The van der Waals surface area contributed by atoms with E-state index < -0.39 is 0 Å². The van der Waals surface area contributed by atoms with E-state index in [-0.39, 0.29) is 5.38 Å². The van der Waals surface area contributed by atoms with Gasteiger partial charge in [-0.2, -0.15) is 10.4 Å². The molecular formula is C15H14ClN5. The van der Waals surface area contributed by atoms with Crippen molar-refractivity contribution in [2.75, 3.05) is 0 Å². The van der Waals surface area contributed by atoms with Gasteiger partial charge < -0.3 is 0 Å². The summed E-state index contributed by atoms with van der Waals surface area (Å²) in [5.41, 5.74) is 4.04. The lowest BCUT2D eigenvalue weighted by molar-refractivity contribution is 0.748. The number of halogens is 1. The van der Waals surface area contributed by atoms with Crippen LogP contribution >= 0.6 is 11.6 Å². The topological polar surface area (TPSA) is 59.4 Å². The second-order valence-electron chi connectivity index (χ2n) is 4.96. The van der Waals surface area contributed by atoms with Crippen LogP contribution in [0.15, 0.2) is 24.3 Å². The van der Waals surface area contributed by atoms with Crippen molar-refractivity contribution >= 4 is 22.8 Å². The first-order chi connectivity index (χ1) is 10.0. The van der Waals surface area contributed by atoms with E-state index in [1.807, 2.05) is 43.7 Å². The van der Waals surface area contributed by atoms with Gasteiger partial charge in [-0.25, -0.2) is 9.67 Å². The van der Waals surface area contributed by atoms with Gasteiger partial charge in [0.05, 0.1) is 28.4 Å². The maximum Gasteiger partial charge on any atom is 0.163 e. The van der Waals surface area contributed by atoms with Gasteiger partial charge >= 0.3 is 0 Å². The van der Waals surface area contributed by atoms with Crippen LogP contribution < -0.4 is 0 Å². The number of nitrogens with zero attached hydrogens (tertiary/aromatic N) is 5. The molecule has 0 bridgehead atoms. The average Bonchev–Trinajstić information content (AvgIpc) is 2.98. The van der Waals surface area contributed by atoms with E-state index in [0.29, 0.717) is 5.56 Å². The van der Waals surface area contributed by atoms with Crippen LogP contribution in [0.5, 0.6) is 0 Å². The van der Waals surface area contributed by atoms with Gasteiger partial charge in [-0.3, -0.25) is 4.57 Å². The zero-order valence-electron chi connectivity index (χ0n) is 12.0. The van der Waals surface area contributed by atoms with Gasteiger partial charge in [0, 0.05) is 7.05 Å². The molecule has 0 aliphatic heterocycles. The Balaban J connectivity index is 2.39. The average molecular weight is 300 g/mol.